The molecule has 0 radical (unpaired) electrons. The van der Waals surface area contributed by atoms with E-state index in [1.807, 2.05) is 0 Å². The minimum Gasteiger partial charge on any atom is -0.496 e. The first-order valence-electron chi connectivity index (χ1n) is 9.10. The van der Waals surface area contributed by atoms with Crippen molar-refractivity contribution < 1.29 is 27.6 Å². The SMILES string of the molecule is COc1ccc([N+](=O)[O-])cc1NC(=O)c1cc(S(=O)(=O)N2CCCC2)ccc1OC. The minimum absolute atomic E-state index is 0.0219. The zero-order valence-electron chi connectivity index (χ0n) is 16.5. The van der Waals surface area contributed by atoms with Crippen molar-refractivity contribution in [2.75, 3.05) is 32.6 Å². The highest BCUT2D eigenvalue weighted by atomic mass is 32.2. The molecule has 1 amide bonds. The molecule has 0 spiro atoms. The molecule has 1 aliphatic heterocycles. The summed E-state index contributed by atoms with van der Waals surface area (Å²) in [4.78, 5) is 23.3. The summed E-state index contributed by atoms with van der Waals surface area (Å²) in [6.07, 6.45) is 1.57. The Labute approximate surface area is 173 Å². The third-order valence-corrected chi connectivity index (χ3v) is 6.66. The number of ether oxygens (including phenoxy) is 2. The Morgan fingerprint density at radius 3 is 2.30 bits per heavy atom. The monoisotopic (exact) mass is 435 g/mol. The Kier molecular flexibility index (Phi) is 6.22. The van der Waals surface area contributed by atoms with Gasteiger partial charge in [-0.05, 0) is 37.1 Å². The van der Waals surface area contributed by atoms with Crippen LogP contribution in [0.25, 0.3) is 0 Å². The van der Waals surface area contributed by atoms with Crippen LogP contribution in [-0.2, 0) is 10.0 Å². The number of non-ortho nitro benzene ring substituents is 1. The van der Waals surface area contributed by atoms with Crippen molar-refractivity contribution in [2.45, 2.75) is 17.7 Å². The first-order chi connectivity index (χ1) is 14.3. The molecule has 3 rings (SSSR count). The Morgan fingerprint density at radius 2 is 1.70 bits per heavy atom. The van der Waals surface area contributed by atoms with Crippen molar-refractivity contribution in [3.8, 4) is 11.5 Å². The molecule has 0 atom stereocenters. The normalized spacial score (nSPS) is 14.3. The number of carbonyl (C=O) groups excluding carboxylic acids is 1. The lowest BCUT2D eigenvalue weighted by molar-refractivity contribution is -0.384. The van der Waals surface area contributed by atoms with Gasteiger partial charge < -0.3 is 14.8 Å². The van der Waals surface area contributed by atoms with Gasteiger partial charge in [0, 0.05) is 25.2 Å². The number of nitro benzene ring substituents is 1. The molecular formula is C19H21N3O7S. The lowest BCUT2D eigenvalue weighted by atomic mass is 10.1. The second-order valence-corrected chi connectivity index (χ2v) is 8.51. The van der Waals surface area contributed by atoms with Gasteiger partial charge in [-0.3, -0.25) is 14.9 Å². The molecule has 2 aromatic carbocycles. The first kappa shape index (κ1) is 21.5. The van der Waals surface area contributed by atoms with E-state index in [-0.39, 0.29) is 33.3 Å². The standard InChI is InChI=1S/C19H21N3O7S/c1-28-17-8-6-14(30(26,27)21-9-3-4-10-21)12-15(17)19(23)20-16-11-13(22(24)25)5-7-18(16)29-2/h5-8,11-12H,3-4,9-10H2,1-2H3,(H,20,23). The third kappa shape index (κ3) is 4.21. The number of methoxy groups -OCH3 is 2. The van der Waals surface area contributed by atoms with Crippen LogP contribution in [0.4, 0.5) is 11.4 Å². The Hall–Kier alpha value is -3.18. The molecule has 0 bridgehead atoms. The smallest absolute Gasteiger partial charge is 0.271 e. The van der Waals surface area contributed by atoms with Crippen molar-refractivity contribution in [3.63, 3.8) is 0 Å². The molecule has 160 valence electrons. The number of sulfonamides is 1. The van der Waals surface area contributed by atoms with Crippen LogP contribution in [0.2, 0.25) is 0 Å². The van der Waals surface area contributed by atoms with Gasteiger partial charge in [-0.15, -0.1) is 0 Å². The molecule has 11 heteroatoms. The van der Waals surface area contributed by atoms with Gasteiger partial charge >= 0.3 is 0 Å². The van der Waals surface area contributed by atoms with E-state index in [1.54, 1.807) is 0 Å². The van der Waals surface area contributed by atoms with E-state index in [1.165, 1.54) is 48.9 Å². The van der Waals surface area contributed by atoms with E-state index in [9.17, 15) is 23.3 Å². The molecule has 1 N–H and O–H groups in total. The number of hydrogen-bond acceptors (Lipinski definition) is 7. The van der Waals surface area contributed by atoms with E-state index in [0.717, 1.165) is 18.9 Å². The molecule has 0 unspecified atom stereocenters. The van der Waals surface area contributed by atoms with Crippen molar-refractivity contribution in [3.05, 3.63) is 52.1 Å². The summed E-state index contributed by atoms with van der Waals surface area (Å²) in [7, 11) is -1.02. The van der Waals surface area contributed by atoms with E-state index in [0.29, 0.717) is 13.1 Å². The molecule has 1 fully saturated rings. The molecule has 1 heterocycles. The van der Waals surface area contributed by atoms with Crippen LogP contribution in [0.15, 0.2) is 41.3 Å². The fraction of sp³-hybridized carbons (Fsp3) is 0.316. The zero-order chi connectivity index (χ0) is 21.9. The van der Waals surface area contributed by atoms with Gasteiger partial charge in [0.25, 0.3) is 11.6 Å². The molecule has 2 aromatic rings. The number of hydrogen-bond donors (Lipinski definition) is 1. The van der Waals surface area contributed by atoms with Crippen molar-refractivity contribution in [1.82, 2.24) is 4.31 Å². The summed E-state index contributed by atoms with van der Waals surface area (Å²) in [6.45, 7) is 0.863. The highest BCUT2D eigenvalue weighted by Crippen LogP contribution is 2.31. The second-order valence-electron chi connectivity index (χ2n) is 6.57. The van der Waals surface area contributed by atoms with Crippen molar-refractivity contribution in [1.29, 1.82) is 0 Å². The molecule has 0 aromatic heterocycles. The third-order valence-electron chi connectivity index (χ3n) is 4.76. The van der Waals surface area contributed by atoms with Crippen LogP contribution in [0.1, 0.15) is 23.2 Å². The number of anilines is 1. The predicted molar refractivity (Wildman–Crippen MR) is 109 cm³/mol. The van der Waals surface area contributed by atoms with Crippen LogP contribution in [-0.4, -0.2) is 50.9 Å². The maximum absolute atomic E-state index is 12.9. The number of benzene rings is 2. The molecule has 0 saturated carbocycles. The molecule has 0 aliphatic carbocycles. The highest BCUT2D eigenvalue weighted by Gasteiger charge is 2.29. The number of nitrogens with one attached hydrogen (secondary N) is 1. The van der Waals surface area contributed by atoms with Gasteiger partial charge in [-0.25, -0.2) is 8.42 Å². The van der Waals surface area contributed by atoms with Gasteiger partial charge in [0.15, 0.2) is 0 Å². The lowest BCUT2D eigenvalue weighted by Gasteiger charge is -2.17. The molecule has 10 nitrogen and oxygen atoms in total. The summed E-state index contributed by atoms with van der Waals surface area (Å²) in [5.74, 6) is -0.310. The van der Waals surface area contributed by atoms with E-state index >= 15 is 0 Å². The summed E-state index contributed by atoms with van der Waals surface area (Å²) < 4.78 is 37.4. The molecule has 1 aliphatic rings. The summed E-state index contributed by atoms with van der Waals surface area (Å²) in [5, 5.41) is 13.6. The zero-order valence-corrected chi connectivity index (χ0v) is 17.3. The topological polar surface area (TPSA) is 128 Å². The number of nitro groups is 1. The van der Waals surface area contributed by atoms with Crippen LogP contribution in [0.3, 0.4) is 0 Å². The largest absolute Gasteiger partial charge is 0.496 e. The van der Waals surface area contributed by atoms with Crippen molar-refractivity contribution >= 4 is 27.3 Å². The Bertz CT molecular complexity index is 1080. The molecule has 30 heavy (non-hydrogen) atoms. The average Bonchev–Trinajstić information content (AvgIpc) is 3.29. The maximum atomic E-state index is 12.9. The summed E-state index contributed by atoms with van der Waals surface area (Å²) in [6, 6.07) is 7.80. The average molecular weight is 435 g/mol. The molecule has 1 saturated heterocycles. The van der Waals surface area contributed by atoms with Gasteiger partial charge in [0.05, 0.1) is 35.3 Å². The predicted octanol–water partition coefficient (Wildman–Crippen LogP) is 2.65. The van der Waals surface area contributed by atoms with E-state index in [2.05, 4.69) is 5.32 Å². The summed E-state index contributed by atoms with van der Waals surface area (Å²) in [5.41, 5.74) is -0.179. The number of nitrogens with zero attached hydrogens (tertiary/aromatic N) is 2. The van der Waals surface area contributed by atoms with Crippen LogP contribution in [0.5, 0.6) is 11.5 Å². The quantitative estimate of drug-likeness (QED) is 0.523. The van der Waals surface area contributed by atoms with Gasteiger partial charge in [-0.1, -0.05) is 0 Å². The Morgan fingerprint density at radius 1 is 1.07 bits per heavy atom. The Balaban J connectivity index is 1.98. The van der Waals surface area contributed by atoms with E-state index < -0.39 is 20.9 Å². The number of rotatable bonds is 7. The van der Waals surface area contributed by atoms with E-state index in [4.69, 9.17) is 9.47 Å². The molecular weight excluding hydrogens is 414 g/mol. The first-order valence-corrected chi connectivity index (χ1v) is 10.5. The van der Waals surface area contributed by atoms with Gasteiger partial charge in [0.2, 0.25) is 10.0 Å². The fourth-order valence-electron chi connectivity index (χ4n) is 3.20. The maximum Gasteiger partial charge on any atom is 0.271 e. The lowest BCUT2D eigenvalue weighted by Crippen LogP contribution is -2.28. The van der Waals surface area contributed by atoms with Crippen LogP contribution < -0.4 is 14.8 Å². The minimum atomic E-state index is -3.74. The van der Waals surface area contributed by atoms with Crippen molar-refractivity contribution in [2.24, 2.45) is 0 Å². The van der Waals surface area contributed by atoms with Gasteiger partial charge in [-0.2, -0.15) is 4.31 Å². The second kappa shape index (κ2) is 8.67. The van der Waals surface area contributed by atoms with Gasteiger partial charge in [0.1, 0.15) is 11.5 Å². The fourth-order valence-corrected chi connectivity index (χ4v) is 4.74. The number of carbonyl (C=O) groups is 1. The highest BCUT2D eigenvalue weighted by molar-refractivity contribution is 7.89. The van der Waals surface area contributed by atoms with Crippen LogP contribution in [0, 0.1) is 10.1 Å². The number of amides is 1. The van der Waals surface area contributed by atoms with Crippen LogP contribution >= 0.6 is 0 Å². The summed E-state index contributed by atoms with van der Waals surface area (Å²) >= 11 is 0.